The van der Waals surface area contributed by atoms with Crippen molar-refractivity contribution in [1.82, 2.24) is 0 Å². The van der Waals surface area contributed by atoms with Crippen molar-refractivity contribution in [2.24, 2.45) is 5.41 Å². The summed E-state index contributed by atoms with van der Waals surface area (Å²) in [5.74, 6) is 0. The second kappa shape index (κ2) is 3.98. The van der Waals surface area contributed by atoms with Crippen molar-refractivity contribution in [3.63, 3.8) is 0 Å². The maximum absolute atomic E-state index is 12.8. The Balaban J connectivity index is 2.70. The van der Waals surface area contributed by atoms with E-state index in [4.69, 9.17) is 0 Å². The van der Waals surface area contributed by atoms with Crippen molar-refractivity contribution < 1.29 is 8.42 Å². The molecular formula is C14H21NO2S. The summed E-state index contributed by atoms with van der Waals surface area (Å²) < 4.78 is 25.6. The van der Waals surface area contributed by atoms with Crippen LogP contribution in [0.4, 0.5) is 5.69 Å². The first-order valence-electron chi connectivity index (χ1n) is 6.23. The van der Waals surface area contributed by atoms with Gasteiger partial charge in [-0.05, 0) is 30.4 Å². The first-order valence-corrected chi connectivity index (χ1v) is 7.78. The molecular weight excluding hydrogens is 246 g/mol. The van der Waals surface area contributed by atoms with Gasteiger partial charge < -0.3 is 5.32 Å². The van der Waals surface area contributed by atoms with Gasteiger partial charge in [0.2, 0.25) is 0 Å². The third-order valence-electron chi connectivity index (χ3n) is 3.65. The Morgan fingerprint density at radius 3 is 2.28 bits per heavy atom. The number of hydrogen-bond donors (Lipinski definition) is 1. The molecule has 0 saturated carbocycles. The van der Waals surface area contributed by atoms with Gasteiger partial charge in [-0.2, -0.15) is 0 Å². The molecule has 1 N–H and O–H groups in total. The Morgan fingerprint density at radius 2 is 1.72 bits per heavy atom. The van der Waals surface area contributed by atoms with E-state index < -0.39 is 9.84 Å². The maximum atomic E-state index is 12.8. The summed E-state index contributed by atoms with van der Waals surface area (Å²) in [5, 5.41) is 2.93. The van der Waals surface area contributed by atoms with Crippen LogP contribution in [0.2, 0.25) is 0 Å². The van der Waals surface area contributed by atoms with Gasteiger partial charge in [-0.25, -0.2) is 8.42 Å². The minimum Gasteiger partial charge on any atom is -0.382 e. The molecule has 18 heavy (non-hydrogen) atoms. The van der Waals surface area contributed by atoms with E-state index in [0.717, 1.165) is 16.8 Å². The first kappa shape index (κ1) is 13.4. The van der Waals surface area contributed by atoms with E-state index in [1.54, 1.807) is 0 Å². The van der Waals surface area contributed by atoms with Crippen LogP contribution >= 0.6 is 0 Å². The van der Waals surface area contributed by atoms with Gasteiger partial charge in [-0.1, -0.05) is 32.9 Å². The lowest BCUT2D eigenvalue weighted by Crippen LogP contribution is -2.43. The molecule has 1 heterocycles. The topological polar surface area (TPSA) is 46.2 Å². The lowest BCUT2D eigenvalue weighted by atomic mass is 9.91. The summed E-state index contributed by atoms with van der Waals surface area (Å²) in [5.41, 5.74) is 2.35. The second-order valence-electron chi connectivity index (χ2n) is 6.18. The number of fused-ring (bicyclic) bond motifs is 1. The molecule has 0 fully saturated rings. The predicted molar refractivity (Wildman–Crippen MR) is 74.8 cm³/mol. The number of aryl methyl sites for hydroxylation is 2. The molecule has 1 aliphatic rings. The standard InChI is InChI=1S/C14H21NO2S/c1-9-6-7-10(2)13-12(9)15-8-11(14(3,4)5)18(13,16)17/h6-7,11,15H,8H2,1-5H3. The van der Waals surface area contributed by atoms with Crippen LogP contribution in [-0.4, -0.2) is 20.2 Å². The van der Waals surface area contributed by atoms with Crippen LogP contribution in [0.3, 0.4) is 0 Å². The van der Waals surface area contributed by atoms with E-state index in [1.807, 2.05) is 46.8 Å². The Hall–Kier alpha value is -1.03. The van der Waals surface area contributed by atoms with Crippen molar-refractivity contribution in [1.29, 1.82) is 0 Å². The molecule has 1 unspecified atom stereocenters. The molecule has 0 spiro atoms. The quantitative estimate of drug-likeness (QED) is 0.786. The molecule has 0 bridgehead atoms. The van der Waals surface area contributed by atoms with Crippen LogP contribution in [0.25, 0.3) is 0 Å². The molecule has 1 aromatic rings. The van der Waals surface area contributed by atoms with Crippen LogP contribution in [0.5, 0.6) is 0 Å². The predicted octanol–water partition coefficient (Wildman–Crippen LogP) is 2.92. The fourth-order valence-electron chi connectivity index (χ4n) is 2.59. The van der Waals surface area contributed by atoms with E-state index in [-0.39, 0.29) is 10.7 Å². The average Bonchev–Trinajstić information content (AvgIpc) is 2.20. The number of benzene rings is 1. The van der Waals surface area contributed by atoms with Gasteiger partial charge in [0.05, 0.1) is 15.8 Å². The van der Waals surface area contributed by atoms with Crippen LogP contribution < -0.4 is 5.32 Å². The maximum Gasteiger partial charge on any atom is 0.185 e. The van der Waals surface area contributed by atoms with E-state index in [1.165, 1.54) is 0 Å². The van der Waals surface area contributed by atoms with Gasteiger partial charge in [-0.15, -0.1) is 0 Å². The summed E-state index contributed by atoms with van der Waals surface area (Å²) in [6, 6.07) is 3.85. The molecule has 0 amide bonds. The fraction of sp³-hybridized carbons (Fsp3) is 0.571. The van der Waals surface area contributed by atoms with Crippen LogP contribution in [0.1, 0.15) is 31.9 Å². The zero-order valence-electron chi connectivity index (χ0n) is 11.7. The molecule has 1 aromatic carbocycles. The van der Waals surface area contributed by atoms with Crippen molar-refractivity contribution in [3.8, 4) is 0 Å². The number of rotatable bonds is 0. The van der Waals surface area contributed by atoms with Crippen molar-refractivity contribution in [2.45, 2.75) is 44.8 Å². The summed E-state index contributed by atoms with van der Waals surface area (Å²) in [6.45, 7) is 10.2. The monoisotopic (exact) mass is 267 g/mol. The second-order valence-corrected chi connectivity index (χ2v) is 8.25. The molecule has 0 saturated heterocycles. The summed E-state index contributed by atoms with van der Waals surface area (Å²) >= 11 is 0. The zero-order chi connectivity index (χ0) is 13.7. The van der Waals surface area contributed by atoms with Crippen LogP contribution in [0, 0.1) is 19.3 Å². The molecule has 1 aliphatic heterocycles. The highest BCUT2D eigenvalue weighted by molar-refractivity contribution is 7.92. The number of anilines is 1. The van der Waals surface area contributed by atoms with E-state index >= 15 is 0 Å². The summed E-state index contributed by atoms with van der Waals surface area (Å²) in [4.78, 5) is 0.494. The average molecular weight is 267 g/mol. The highest BCUT2D eigenvalue weighted by Gasteiger charge is 2.42. The molecule has 100 valence electrons. The van der Waals surface area contributed by atoms with Gasteiger partial charge in [0.25, 0.3) is 0 Å². The Kier molecular flexibility index (Phi) is 2.97. The van der Waals surface area contributed by atoms with Gasteiger partial charge >= 0.3 is 0 Å². The Morgan fingerprint density at radius 1 is 1.17 bits per heavy atom. The van der Waals surface area contributed by atoms with E-state index in [9.17, 15) is 8.42 Å². The minimum atomic E-state index is -3.26. The molecule has 1 atom stereocenters. The number of nitrogens with one attached hydrogen (secondary N) is 1. The van der Waals surface area contributed by atoms with Crippen LogP contribution in [-0.2, 0) is 9.84 Å². The van der Waals surface area contributed by atoms with Crippen molar-refractivity contribution >= 4 is 15.5 Å². The Bertz CT molecular complexity index is 583. The SMILES string of the molecule is Cc1ccc(C)c2c1NCC(C(C)(C)C)S2(=O)=O. The molecule has 0 radical (unpaired) electrons. The highest BCUT2D eigenvalue weighted by atomic mass is 32.2. The van der Waals surface area contributed by atoms with Gasteiger partial charge in [-0.3, -0.25) is 0 Å². The lowest BCUT2D eigenvalue weighted by molar-refractivity contribution is 0.382. The molecule has 4 heteroatoms. The van der Waals surface area contributed by atoms with Crippen LogP contribution in [0.15, 0.2) is 17.0 Å². The lowest BCUT2D eigenvalue weighted by Gasteiger charge is -2.36. The van der Waals surface area contributed by atoms with Gasteiger partial charge in [0.1, 0.15) is 0 Å². The largest absolute Gasteiger partial charge is 0.382 e. The Labute approximate surface area is 110 Å². The van der Waals surface area contributed by atoms with Crippen molar-refractivity contribution in [2.75, 3.05) is 11.9 Å². The van der Waals surface area contributed by atoms with Gasteiger partial charge in [0, 0.05) is 6.54 Å². The summed E-state index contributed by atoms with van der Waals surface area (Å²) in [7, 11) is -3.26. The number of sulfone groups is 1. The van der Waals surface area contributed by atoms with Gasteiger partial charge in [0.15, 0.2) is 9.84 Å². The first-order chi connectivity index (χ1) is 8.15. The minimum absolute atomic E-state index is 0.264. The van der Waals surface area contributed by atoms with E-state index in [2.05, 4.69) is 5.32 Å². The fourth-order valence-corrected chi connectivity index (χ4v) is 5.14. The molecule has 0 aliphatic carbocycles. The summed E-state index contributed by atoms with van der Waals surface area (Å²) in [6.07, 6.45) is 0. The third-order valence-corrected chi connectivity index (χ3v) is 6.37. The molecule has 0 aromatic heterocycles. The highest BCUT2D eigenvalue weighted by Crippen LogP contribution is 2.40. The normalized spacial score (nSPS) is 22.2. The zero-order valence-corrected chi connectivity index (χ0v) is 12.5. The third kappa shape index (κ3) is 1.92. The smallest absolute Gasteiger partial charge is 0.185 e. The molecule has 3 nitrogen and oxygen atoms in total. The van der Waals surface area contributed by atoms with E-state index in [0.29, 0.717) is 11.4 Å². The van der Waals surface area contributed by atoms with Crippen molar-refractivity contribution in [3.05, 3.63) is 23.3 Å². The number of hydrogen-bond acceptors (Lipinski definition) is 3. The molecule has 2 rings (SSSR count).